The zero-order chi connectivity index (χ0) is 12.4. The van der Waals surface area contributed by atoms with Gasteiger partial charge in [0.1, 0.15) is 0 Å². The highest BCUT2D eigenvalue weighted by molar-refractivity contribution is 5.89. The fraction of sp³-hybridized carbons (Fsp3) is 0.667. The third-order valence-corrected chi connectivity index (χ3v) is 2.22. The second-order valence-electron chi connectivity index (χ2n) is 3.44. The Hall–Kier alpha value is -1.32. The van der Waals surface area contributed by atoms with Crippen LogP contribution in [-0.2, 0) is 19.1 Å². The third kappa shape index (κ3) is 6.22. The van der Waals surface area contributed by atoms with Crippen molar-refractivity contribution in [2.45, 2.75) is 39.0 Å². The van der Waals surface area contributed by atoms with E-state index in [9.17, 15) is 9.59 Å². The summed E-state index contributed by atoms with van der Waals surface area (Å²) in [6, 6.07) is 0. The minimum absolute atomic E-state index is 0.212. The van der Waals surface area contributed by atoms with Crippen molar-refractivity contribution in [1.82, 2.24) is 0 Å². The van der Waals surface area contributed by atoms with Crippen molar-refractivity contribution < 1.29 is 19.1 Å². The maximum absolute atomic E-state index is 11.4. The summed E-state index contributed by atoms with van der Waals surface area (Å²) in [4.78, 5) is 22.3. The van der Waals surface area contributed by atoms with Crippen molar-refractivity contribution >= 4 is 11.9 Å². The van der Waals surface area contributed by atoms with Gasteiger partial charge in [-0.2, -0.15) is 0 Å². The lowest BCUT2D eigenvalue weighted by molar-refractivity contribution is -0.140. The number of methoxy groups -OCH3 is 2. The Morgan fingerprint density at radius 1 is 1.12 bits per heavy atom. The summed E-state index contributed by atoms with van der Waals surface area (Å²) in [5.74, 6) is -0.676. The molecule has 0 aromatic heterocycles. The van der Waals surface area contributed by atoms with Crippen LogP contribution in [0.4, 0.5) is 0 Å². The van der Waals surface area contributed by atoms with E-state index >= 15 is 0 Å². The van der Waals surface area contributed by atoms with Gasteiger partial charge in [-0.05, 0) is 12.8 Å². The molecule has 0 heterocycles. The Bertz CT molecular complexity index is 256. The fourth-order valence-electron chi connectivity index (χ4n) is 1.24. The molecule has 0 rings (SSSR count). The minimum Gasteiger partial charge on any atom is -0.469 e. The number of ether oxygens (including phenoxy) is 2. The highest BCUT2D eigenvalue weighted by Gasteiger charge is 2.11. The van der Waals surface area contributed by atoms with Gasteiger partial charge in [0, 0.05) is 12.0 Å². The van der Waals surface area contributed by atoms with Gasteiger partial charge in [-0.15, -0.1) is 0 Å². The maximum Gasteiger partial charge on any atom is 0.333 e. The summed E-state index contributed by atoms with van der Waals surface area (Å²) in [5, 5.41) is 0. The molecule has 0 aliphatic carbocycles. The summed E-state index contributed by atoms with van der Waals surface area (Å²) in [5.41, 5.74) is 0.557. The van der Waals surface area contributed by atoms with Gasteiger partial charge in [-0.25, -0.2) is 4.79 Å². The zero-order valence-corrected chi connectivity index (χ0v) is 10.2. The van der Waals surface area contributed by atoms with Gasteiger partial charge in [0.15, 0.2) is 0 Å². The minimum atomic E-state index is -0.361. The summed E-state index contributed by atoms with van der Waals surface area (Å²) in [6.45, 7) is 2.08. The molecule has 0 N–H and O–H groups in total. The summed E-state index contributed by atoms with van der Waals surface area (Å²) in [7, 11) is 2.68. The Labute approximate surface area is 96.6 Å². The standard InChI is InChI=1S/C12H20O4/c1-4-5-6-7-10(12(14)16-3)8-9-11(13)15-2/h7H,4-6,8-9H2,1-3H3/b10-7+. The lowest BCUT2D eigenvalue weighted by Crippen LogP contribution is -2.08. The van der Waals surface area contributed by atoms with E-state index in [2.05, 4.69) is 16.4 Å². The first-order valence-corrected chi connectivity index (χ1v) is 5.49. The first-order chi connectivity index (χ1) is 7.65. The Morgan fingerprint density at radius 3 is 2.31 bits per heavy atom. The molecule has 92 valence electrons. The van der Waals surface area contributed by atoms with Crippen molar-refractivity contribution in [3.63, 3.8) is 0 Å². The van der Waals surface area contributed by atoms with Crippen LogP contribution in [0.5, 0.6) is 0 Å². The van der Waals surface area contributed by atoms with Gasteiger partial charge in [0.2, 0.25) is 0 Å². The number of esters is 2. The van der Waals surface area contributed by atoms with Crippen molar-refractivity contribution in [2.75, 3.05) is 14.2 Å². The van der Waals surface area contributed by atoms with Crippen LogP contribution in [0.2, 0.25) is 0 Å². The predicted octanol–water partition coefficient (Wildman–Crippen LogP) is 2.23. The SMILES string of the molecule is CCCC/C=C(\CCC(=O)OC)C(=O)OC. The van der Waals surface area contributed by atoms with Gasteiger partial charge >= 0.3 is 11.9 Å². The monoisotopic (exact) mass is 228 g/mol. The molecule has 0 unspecified atom stereocenters. The molecule has 16 heavy (non-hydrogen) atoms. The molecule has 0 atom stereocenters. The fourth-order valence-corrected chi connectivity index (χ4v) is 1.24. The molecular weight excluding hydrogens is 208 g/mol. The lowest BCUT2D eigenvalue weighted by atomic mass is 10.1. The van der Waals surface area contributed by atoms with Crippen molar-refractivity contribution in [2.24, 2.45) is 0 Å². The summed E-state index contributed by atoms with van der Waals surface area (Å²) >= 11 is 0. The van der Waals surface area contributed by atoms with Crippen LogP contribution in [0.15, 0.2) is 11.6 Å². The molecule has 0 saturated heterocycles. The predicted molar refractivity (Wildman–Crippen MR) is 60.9 cm³/mol. The number of carbonyl (C=O) groups excluding carboxylic acids is 2. The quantitative estimate of drug-likeness (QED) is 0.381. The van der Waals surface area contributed by atoms with Crippen LogP contribution in [0.25, 0.3) is 0 Å². The molecule has 0 aliphatic rings. The third-order valence-electron chi connectivity index (χ3n) is 2.22. The van der Waals surface area contributed by atoms with E-state index in [4.69, 9.17) is 0 Å². The first kappa shape index (κ1) is 14.7. The van der Waals surface area contributed by atoms with Crippen molar-refractivity contribution in [3.8, 4) is 0 Å². The first-order valence-electron chi connectivity index (χ1n) is 5.49. The van der Waals surface area contributed by atoms with Crippen LogP contribution in [-0.4, -0.2) is 26.2 Å². The number of rotatable bonds is 7. The van der Waals surface area contributed by atoms with Crippen molar-refractivity contribution in [1.29, 1.82) is 0 Å². The van der Waals surface area contributed by atoms with E-state index in [0.717, 1.165) is 19.3 Å². The lowest BCUT2D eigenvalue weighted by Gasteiger charge is -2.04. The molecular formula is C12H20O4. The van der Waals surface area contributed by atoms with Crippen LogP contribution in [0.3, 0.4) is 0 Å². The molecule has 0 amide bonds. The number of unbranched alkanes of at least 4 members (excludes halogenated alkanes) is 2. The highest BCUT2D eigenvalue weighted by Crippen LogP contribution is 2.10. The topological polar surface area (TPSA) is 52.6 Å². The smallest absolute Gasteiger partial charge is 0.333 e. The van der Waals surface area contributed by atoms with E-state index in [1.54, 1.807) is 0 Å². The molecule has 0 bridgehead atoms. The van der Waals surface area contributed by atoms with E-state index < -0.39 is 0 Å². The van der Waals surface area contributed by atoms with Gasteiger partial charge in [0.25, 0.3) is 0 Å². The molecule has 4 heteroatoms. The Kier molecular flexibility index (Phi) is 8.21. The van der Waals surface area contributed by atoms with E-state index in [1.165, 1.54) is 14.2 Å². The van der Waals surface area contributed by atoms with Crippen LogP contribution in [0, 0.1) is 0 Å². The molecule has 0 fully saturated rings. The molecule has 0 saturated carbocycles. The Morgan fingerprint density at radius 2 is 1.81 bits per heavy atom. The zero-order valence-electron chi connectivity index (χ0n) is 10.2. The van der Waals surface area contributed by atoms with E-state index in [1.807, 2.05) is 6.08 Å². The van der Waals surface area contributed by atoms with E-state index in [0.29, 0.717) is 12.0 Å². The number of allylic oxidation sites excluding steroid dienone is 1. The molecule has 4 nitrogen and oxygen atoms in total. The average molecular weight is 228 g/mol. The average Bonchev–Trinajstić information content (AvgIpc) is 2.32. The molecule has 0 radical (unpaired) electrons. The molecule has 0 spiro atoms. The van der Waals surface area contributed by atoms with Gasteiger partial charge in [0.05, 0.1) is 14.2 Å². The number of hydrogen-bond acceptors (Lipinski definition) is 4. The largest absolute Gasteiger partial charge is 0.469 e. The maximum atomic E-state index is 11.4. The second kappa shape index (κ2) is 8.95. The molecule has 0 aromatic rings. The van der Waals surface area contributed by atoms with Gasteiger partial charge in [-0.1, -0.05) is 25.8 Å². The highest BCUT2D eigenvalue weighted by atomic mass is 16.5. The molecule has 0 aliphatic heterocycles. The normalized spacial score (nSPS) is 11.1. The van der Waals surface area contributed by atoms with Crippen molar-refractivity contribution in [3.05, 3.63) is 11.6 Å². The van der Waals surface area contributed by atoms with Gasteiger partial charge in [-0.3, -0.25) is 4.79 Å². The number of hydrogen-bond donors (Lipinski definition) is 0. The van der Waals surface area contributed by atoms with E-state index in [-0.39, 0.29) is 18.4 Å². The summed E-state index contributed by atoms with van der Waals surface area (Å²) in [6.07, 6.45) is 5.37. The molecule has 0 aromatic carbocycles. The van der Waals surface area contributed by atoms with Crippen LogP contribution in [0.1, 0.15) is 39.0 Å². The second-order valence-corrected chi connectivity index (χ2v) is 3.44. The Balaban J connectivity index is 4.26. The number of carbonyl (C=O) groups is 2. The van der Waals surface area contributed by atoms with Crippen LogP contribution >= 0.6 is 0 Å². The van der Waals surface area contributed by atoms with Gasteiger partial charge < -0.3 is 9.47 Å². The van der Waals surface area contributed by atoms with Crippen LogP contribution < -0.4 is 0 Å². The summed E-state index contributed by atoms with van der Waals surface area (Å²) < 4.78 is 9.17.